The Bertz CT molecular complexity index is 560. The molecule has 0 saturated carbocycles. The van der Waals surface area contributed by atoms with Crippen LogP contribution >= 0.6 is 27.5 Å². The predicted molar refractivity (Wildman–Crippen MR) is 86.1 cm³/mol. The molecular formula is C15H15BrClNO2. The van der Waals surface area contributed by atoms with E-state index in [2.05, 4.69) is 21.2 Å². The van der Waals surface area contributed by atoms with Gasteiger partial charge >= 0.3 is 0 Å². The second-order valence-electron chi connectivity index (χ2n) is 4.07. The third-order valence-electron chi connectivity index (χ3n) is 2.67. The van der Waals surface area contributed by atoms with Crippen LogP contribution in [0.15, 0.2) is 46.9 Å². The lowest BCUT2D eigenvalue weighted by atomic mass is 10.3. The third kappa shape index (κ3) is 4.32. The molecule has 0 atom stereocenters. The number of benzene rings is 2. The summed E-state index contributed by atoms with van der Waals surface area (Å²) < 4.78 is 11.7. The summed E-state index contributed by atoms with van der Waals surface area (Å²) in [6.45, 7) is 1.22. The maximum absolute atomic E-state index is 6.09. The molecule has 0 bridgehead atoms. The quantitative estimate of drug-likeness (QED) is 0.767. The summed E-state index contributed by atoms with van der Waals surface area (Å²) in [5.74, 6) is 1.63. The molecule has 5 heteroatoms. The maximum Gasteiger partial charge on any atom is 0.119 e. The molecule has 0 saturated heterocycles. The molecule has 0 radical (unpaired) electrons. The van der Waals surface area contributed by atoms with Gasteiger partial charge < -0.3 is 14.8 Å². The fourth-order valence-corrected chi connectivity index (χ4v) is 2.20. The first-order valence-corrected chi connectivity index (χ1v) is 7.32. The molecule has 3 nitrogen and oxygen atoms in total. The average molecular weight is 357 g/mol. The van der Waals surface area contributed by atoms with Crippen molar-refractivity contribution in [1.82, 2.24) is 0 Å². The van der Waals surface area contributed by atoms with Gasteiger partial charge in [-0.05, 0) is 42.5 Å². The standard InChI is InChI=1S/C15H15BrClNO2/c1-19-12-3-5-13(6-4-12)20-9-8-18-15-10-11(16)2-7-14(15)17/h2-7,10,18H,8-9H2,1H3. The Balaban J connectivity index is 1.79. The van der Waals surface area contributed by atoms with Crippen LogP contribution < -0.4 is 14.8 Å². The van der Waals surface area contributed by atoms with Crippen LogP contribution in [-0.4, -0.2) is 20.3 Å². The second kappa shape index (κ2) is 7.41. The number of nitrogens with one attached hydrogen (secondary N) is 1. The Morgan fingerprint density at radius 3 is 2.50 bits per heavy atom. The molecule has 1 N–H and O–H groups in total. The minimum absolute atomic E-state index is 0.551. The van der Waals surface area contributed by atoms with E-state index in [0.717, 1.165) is 21.7 Å². The van der Waals surface area contributed by atoms with Gasteiger partial charge in [0.05, 0.1) is 17.8 Å². The van der Waals surface area contributed by atoms with Gasteiger partial charge in [-0.3, -0.25) is 0 Å². The van der Waals surface area contributed by atoms with Crippen LogP contribution in [0.3, 0.4) is 0 Å². The molecule has 0 amide bonds. The molecule has 0 heterocycles. The predicted octanol–water partition coefficient (Wildman–Crippen LogP) is 4.60. The molecule has 0 aliphatic rings. The van der Waals surface area contributed by atoms with Crippen LogP contribution in [0.4, 0.5) is 5.69 Å². The van der Waals surface area contributed by atoms with Gasteiger partial charge in [0.1, 0.15) is 18.1 Å². The monoisotopic (exact) mass is 355 g/mol. The lowest BCUT2D eigenvalue weighted by molar-refractivity contribution is 0.332. The molecule has 2 aromatic rings. The molecule has 0 aliphatic heterocycles. The first kappa shape index (κ1) is 15.0. The Labute approximate surface area is 132 Å². The van der Waals surface area contributed by atoms with Crippen molar-refractivity contribution in [2.45, 2.75) is 0 Å². The Morgan fingerprint density at radius 1 is 1.10 bits per heavy atom. The van der Waals surface area contributed by atoms with Gasteiger partial charge in [-0.1, -0.05) is 27.5 Å². The zero-order chi connectivity index (χ0) is 14.4. The molecule has 0 unspecified atom stereocenters. The molecule has 2 aromatic carbocycles. The van der Waals surface area contributed by atoms with Gasteiger partial charge in [0.25, 0.3) is 0 Å². The summed E-state index contributed by atoms with van der Waals surface area (Å²) in [5, 5.41) is 3.93. The van der Waals surface area contributed by atoms with Crippen molar-refractivity contribution >= 4 is 33.2 Å². The summed E-state index contributed by atoms with van der Waals surface area (Å²) in [5.41, 5.74) is 0.888. The van der Waals surface area contributed by atoms with E-state index < -0.39 is 0 Å². The van der Waals surface area contributed by atoms with E-state index >= 15 is 0 Å². The number of hydrogen-bond acceptors (Lipinski definition) is 3. The van der Waals surface area contributed by atoms with E-state index in [1.807, 2.05) is 42.5 Å². The van der Waals surface area contributed by atoms with Gasteiger partial charge in [0.2, 0.25) is 0 Å². The van der Waals surface area contributed by atoms with Crippen molar-refractivity contribution in [2.24, 2.45) is 0 Å². The summed E-state index contributed by atoms with van der Waals surface area (Å²) in [7, 11) is 1.64. The van der Waals surface area contributed by atoms with Crippen molar-refractivity contribution in [3.8, 4) is 11.5 Å². The van der Waals surface area contributed by atoms with Gasteiger partial charge in [0.15, 0.2) is 0 Å². The summed E-state index contributed by atoms with van der Waals surface area (Å²) in [6, 6.07) is 13.2. The van der Waals surface area contributed by atoms with E-state index in [9.17, 15) is 0 Å². The van der Waals surface area contributed by atoms with Crippen LogP contribution in [0.25, 0.3) is 0 Å². The highest BCUT2D eigenvalue weighted by atomic mass is 79.9. The highest BCUT2D eigenvalue weighted by Gasteiger charge is 2.00. The van der Waals surface area contributed by atoms with E-state index in [1.165, 1.54) is 0 Å². The van der Waals surface area contributed by atoms with Crippen molar-refractivity contribution in [3.63, 3.8) is 0 Å². The van der Waals surface area contributed by atoms with Crippen LogP contribution in [-0.2, 0) is 0 Å². The first-order valence-electron chi connectivity index (χ1n) is 6.15. The zero-order valence-electron chi connectivity index (χ0n) is 11.0. The molecular weight excluding hydrogens is 342 g/mol. The molecule has 0 aliphatic carbocycles. The van der Waals surface area contributed by atoms with Gasteiger partial charge in [-0.15, -0.1) is 0 Å². The van der Waals surface area contributed by atoms with E-state index in [0.29, 0.717) is 18.2 Å². The molecule has 2 rings (SSSR count). The number of methoxy groups -OCH3 is 1. The Kier molecular flexibility index (Phi) is 5.56. The van der Waals surface area contributed by atoms with Gasteiger partial charge in [-0.2, -0.15) is 0 Å². The highest BCUT2D eigenvalue weighted by molar-refractivity contribution is 9.10. The number of halogens is 2. The smallest absolute Gasteiger partial charge is 0.119 e. The van der Waals surface area contributed by atoms with Gasteiger partial charge in [0, 0.05) is 11.0 Å². The summed E-state index contributed by atoms with van der Waals surface area (Å²) in [4.78, 5) is 0. The average Bonchev–Trinajstić information content (AvgIpc) is 2.47. The number of hydrogen-bond donors (Lipinski definition) is 1. The van der Waals surface area contributed by atoms with E-state index in [-0.39, 0.29) is 0 Å². The summed E-state index contributed by atoms with van der Waals surface area (Å²) in [6.07, 6.45) is 0. The largest absolute Gasteiger partial charge is 0.497 e. The molecule has 0 fully saturated rings. The summed E-state index contributed by atoms with van der Waals surface area (Å²) >= 11 is 9.50. The Hall–Kier alpha value is -1.39. The minimum Gasteiger partial charge on any atom is -0.497 e. The second-order valence-corrected chi connectivity index (χ2v) is 5.40. The highest BCUT2D eigenvalue weighted by Crippen LogP contribution is 2.25. The van der Waals surface area contributed by atoms with Crippen LogP contribution in [0.5, 0.6) is 11.5 Å². The third-order valence-corrected chi connectivity index (χ3v) is 3.50. The minimum atomic E-state index is 0.551. The maximum atomic E-state index is 6.09. The molecule has 0 aromatic heterocycles. The molecule has 0 spiro atoms. The normalized spacial score (nSPS) is 10.2. The van der Waals surface area contributed by atoms with Crippen molar-refractivity contribution in [2.75, 3.05) is 25.6 Å². The fraction of sp³-hybridized carbons (Fsp3) is 0.200. The molecule has 20 heavy (non-hydrogen) atoms. The lowest BCUT2D eigenvalue weighted by Gasteiger charge is -2.10. The topological polar surface area (TPSA) is 30.5 Å². The number of ether oxygens (including phenoxy) is 2. The van der Waals surface area contributed by atoms with E-state index in [4.69, 9.17) is 21.1 Å². The van der Waals surface area contributed by atoms with E-state index in [1.54, 1.807) is 7.11 Å². The fourth-order valence-electron chi connectivity index (χ4n) is 1.66. The number of anilines is 1. The van der Waals surface area contributed by atoms with Crippen LogP contribution in [0.2, 0.25) is 5.02 Å². The van der Waals surface area contributed by atoms with Crippen LogP contribution in [0, 0.1) is 0 Å². The van der Waals surface area contributed by atoms with Gasteiger partial charge in [-0.25, -0.2) is 0 Å². The first-order chi connectivity index (χ1) is 9.69. The molecule has 106 valence electrons. The zero-order valence-corrected chi connectivity index (χ0v) is 13.4. The number of rotatable bonds is 6. The van der Waals surface area contributed by atoms with Crippen molar-refractivity contribution < 1.29 is 9.47 Å². The Morgan fingerprint density at radius 2 is 1.80 bits per heavy atom. The lowest BCUT2D eigenvalue weighted by Crippen LogP contribution is -2.11. The van der Waals surface area contributed by atoms with Crippen molar-refractivity contribution in [3.05, 3.63) is 52.0 Å². The van der Waals surface area contributed by atoms with Crippen molar-refractivity contribution in [1.29, 1.82) is 0 Å². The van der Waals surface area contributed by atoms with Crippen LogP contribution in [0.1, 0.15) is 0 Å². The SMILES string of the molecule is COc1ccc(OCCNc2cc(Br)ccc2Cl)cc1.